The maximum Gasteiger partial charge on any atom is 0.272 e. The van der Waals surface area contributed by atoms with E-state index in [1.807, 2.05) is 13.2 Å². The van der Waals surface area contributed by atoms with Crippen molar-refractivity contribution in [3.63, 3.8) is 0 Å². The van der Waals surface area contributed by atoms with Crippen molar-refractivity contribution in [1.82, 2.24) is 4.57 Å². The summed E-state index contributed by atoms with van der Waals surface area (Å²) in [6, 6.07) is 8.80. The highest BCUT2D eigenvalue weighted by atomic mass is 79.9. The molecule has 2 aromatic rings. The predicted molar refractivity (Wildman–Crippen MR) is 71.9 cm³/mol. The lowest BCUT2D eigenvalue weighted by Crippen LogP contribution is -2.15. The topological polar surface area (TPSA) is 60.0 Å². The summed E-state index contributed by atoms with van der Waals surface area (Å²) in [6.45, 7) is 0. The van der Waals surface area contributed by atoms with Crippen LogP contribution in [0.5, 0.6) is 0 Å². The molecule has 1 amide bonds. The van der Waals surface area contributed by atoms with Crippen molar-refractivity contribution in [3.8, 4) is 0 Å². The molecule has 0 aliphatic carbocycles. The highest BCUT2D eigenvalue weighted by molar-refractivity contribution is 9.10. The van der Waals surface area contributed by atoms with E-state index < -0.39 is 0 Å². The molecule has 1 aromatic carbocycles. The second-order valence-electron chi connectivity index (χ2n) is 3.73. The van der Waals surface area contributed by atoms with Crippen LogP contribution in [0.15, 0.2) is 41.0 Å². The molecule has 1 heterocycles. The number of aromatic nitrogens is 1. The van der Waals surface area contributed by atoms with Crippen LogP contribution in [0.2, 0.25) is 0 Å². The normalized spacial score (nSPS) is 10.2. The fraction of sp³-hybridized carbons (Fsp3) is 0.0833. The molecule has 5 heteroatoms. The Morgan fingerprint density at radius 1 is 1.35 bits per heavy atom. The van der Waals surface area contributed by atoms with Crippen LogP contribution in [0.1, 0.15) is 10.5 Å². The van der Waals surface area contributed by atoms with Crippen molar-refractivity contribution in [2.75, 3.05) is 11.1 Å². The SMILES string of the molecule is Cn1cc(Br)cc1C(=O)Nc1ccc(N)cc1. The first kappa shape index (κ1) is 11.7. The molecular weight excluding hydrogens is 282 g/mol. The number of nitrogens with two attached hydrogens (primary N) is 1. The molecule has 0 aliphatic heterocycles. The third kappa shape index (κ3) is 2.68. The first-order valence-electron chi connectivity index (χ1n) is 5.05. The van der Waals surface area contributed by atoms with Gasteiger partial charge in [0.25, 0.3) is 5.91 Å². The summed E-state index contributed by atoms with van der Waals surface area (Å²) in [6.07, 6.45) is 1.83. The minimum Gasteiger partial charge on any atom is -0.399 e. The summed E-state index contributed by atoms with van der Waals surface area (Å²) in [5.41, 5.74) is 7.56. The standard InChI is InChI=1S/C12H12BrN3O/c1-16-7-8(13)6-11(16)12(17)15-10-4-2-9(14)3-5-10/h2-7H,14H2,1H3,(H,15,17). The fourth-order valence-corrected chi connectivity index (χ4v) is 2.04. The highest BCUT2D eigenvalue weighted by Crippen LogP contribution is 2.16. The molecule has 0 unspecified atom stereocenters. The summed E-state index contributed by atoms with van der Waals surface area (Å²) in [4.78, 5) is 11.9. The average Bonchev–Trinajstić information content (AvgIpc) is 2.61. The minimum absolute atomic E-state index is 0.150. The van der Waals surface area contributed by atoms with E-state index in [0.29, 0.717) is 11.4 Å². The van der Waals surface area contributed by atoms with E-state index in [-0.39, 0.29) is 5.91 Å². The number of nitrogens with zero attached hydrogens (tertiary/aromatic N) is 1. The van der Waals surface area contributed by atoms with E-state index >= 15 is 0 Å². The number of nitrogens with one attached hydrogen (secondary N) is 1. The molecule has 0 atom stereocenters. The van der Waals surface area contributed by atoms with Crippen LogP contribution < -0.4 is 11.1 Å². The Kier molecular flexibility index (Phi) is 3.19. The van der Waals surface area contributed by atoms with Gasteiger partial charge in [0.1, 0.15) is 5.69 Å². The van der Waals surface area contributed by atoms with Gasteiger partial charge in [-0.25, -0.2) is 0 Å². The van der Waals surface area contributed by atoms with Crippen molar-refractivity contribution >= 4 is 33.2 Å². The molecule has 4 nitrogen and oxygen atoms in total. The second-order valence-corrected chi connectivity index (χ2v) is 4.65. The summed E-state index contributed by atoms with van der Waals surface area (Å²) in [5.74, 6) is -0.150. The van der Waals surface area contributed by atoms with Crippen LogP contribution in [0.25, 0.3) is 0 Å². The molecule has 0 spiro atoms. The summed E-state index contributed by atoms with van der Waals surface area (Å²) in [5, 5.41) is 2.80. The van der Waals surface area contributed by atoms with E-state index in [1.54, 1.807) is 34.9 Å². The Morgan fingerprint density at radius 3 is 2.53 bits per heavy atom. The van der Waals surface area contributed by atoms with Crippen molar-refractivity contribution in [2.24, 2.45) is 7.05 Å². The molecule has 0 aliphatic rings. The van der Waals surface area contributed by atoms with Gasteiger partial charge in [-0.1, -0.05) is 0 Å². The van der Waals surface area contributed by atoms with Gasteiger partial charge in [0.2, 0.25) is 0 Å². The summed E-state index contributed by atoms with van der Waals surface area (Å²) in [7, 11) is 1.82. The van der Waals surface area contributed by atoms with Crippen LogP contribution in [0, 0.1) is 0 Å². The Balaban J connectivity index is 2.17. The molecule has 0 saturated carbocycles. The number of anilines is 2. The first-order valence-corrected chi connectivity index (χ1v) is 5.84. The Labute approximate surface area is 108 Å². The number of hydrogen-bond acceptors (Lipinski definition) is 2. The van der Waals surface area contributed by atoms with Crippen LogP contribution in [-0.4, -0.2) is 10.5 Å². The van der Waals surface area contributed by atoms with E-state index in [4.69, 9.17) is 5.73 Å². The van der Waals surface area contributed by atoms with Crippen LogP contribution in [0.3, 0.4) is 0 Å². The van der Waals surface area contributed by atoms with Gasteiger partial charge in [0.15, 0.2) is 0 Å². The van der Waals surface area contributed by atoms with Crippen LogP contribution >= 0.6 is 15.9 Å². The van der Waals surface area contributed by atoms with Gasteiger partial charge in [-0.05, 0) is 46.3 Å². The van der Waals surface area contributed by atoms with Crippen molar-refractivity contribution in [2.45, 2.75) is 0 Å². The number of halogens is 1. The van der Waals surface area contributed by atoms with Gasteiger partial charge < -0.3 is 15.6 Å². The second kappa shape index (κ2) is 4.63. The number of aryl methyl sites for hydroxylation is 1. The monoisotopic (exact) mass is 293 g/mol. The summed E-state index contributed by atoms with van der Waals surface area (Å²) < 4.78 is 2.64. The zero-order valence-electron chi connectivity index (χ0n) is 9.27. The van der Waals surface area contributed by atoms with Gasteiger partial charge in [0.05, 0.1) is 0 Å². The zero-order chi connectivity index (χ0) is 12.4. The molecule has 3 N–H and O–H groups in total. The Hall–Kier alpha value is -1.75. The highest BCUT2D eigenvalue weighted by Gasteiger charge is 2.10. The number of carbonyl (C=O) groups excluding carboxylic acids is 1. The quantitative estimate of drug-likeness (QED) is 0.836. The molecular formula is C12H12BrN3O. The largest absolute Gasteiger partial charge is 0.399 e. The molecule has 0 saturated heterocycles. The number of benzene rings is 1. The lowest BCUT2D eigenvalue weighted by molar-refractivity contribution is 0.101. The fourth-order valence-electron chi connectivity index (χ4n) is 1.51. The summed E-state index contributed by atoms with van der Waals surface area (Å²) >= 11 is 3.33. The van der Waals surface area contributed by atoms with E-state index in [2.05, 4.69) is 21.2 Å². The average molecular weight is 294 g/mol. The van der Waals surface area contributed by atoms with E-state index in [1.165, 1.54) is 0 Å². The number of hydrogen-bond donors (Lipinski definition) is 2. The van der Waals surface area contributed by atoms with Crippen molar-refractivity contribution in [1.29, 1.82) is 0 Å². The van der Waals surface area contributed by atoms with Crippen LogP contribution in [0.4, 0.5) is 11.4 Å². The minimum atomic E-state index is -0.150. The molecule has 0 radical (unpaired) electrons. The molecule has 1 aromatic heterocycles. The number of carbonyl (C=O) groups is 1. The lowest BCUT2D eigenvalue weighted by atomic mass is 10.3. The smallest absolute Gasteiger partial charge is 0.272 e. The van der Waals surface area contributed by atoms with E-state index in [9.17, 15) is 4.79 Å². The van der Waals surface area contributed by atoms with Gasteiger partial charge in [-0.3, -0.25) is 4.79 Å². The Morgan fingerprint density at radius 2 is 2.00 bits per heavy atom. The van der Waals surface area contributed by atoms with Gasteiger partial charge in [0, 0.05) is 29.1 Å². The first-order chi connectivity index (χ1) is 8.06. The van der Waals surface area contributed by atoms with E-state index in [0.717, 1.165) is 10.2 Å². The molecule has 0 bridgehead atoms. The van der Waals surface area contributed by atoms with Crippen molar-refractivity contribution < 1.29 is 4.79 Å². The van der Waals surface area contributed by atoms with Gasteiger partial charge >= 0.3 is 0 Å². The predicted octanol–water partition coefficient (Wildman–Crippen LogP) is 2.62. The lowest BCUT2D eigenvalue weighted by Gasteiger charge is -2.06. The van der Waals surface area contributed by atoms with Crippen LogP contribution in [-0.2, 0) is 7.05 Å². The molecule has 88 valence electrons. The number of nitrogen functional groups attached to an aromatic ring is 1. The Bertz CT molecular complexity index is 545. The maximum atomic E-state index is 11.9. The zero-order valence-corrected chi connectivity index (χ0v) is 10.9. The third-order valence-corrected chi connectivity index (χ3v) is 2.81. The molecule has 2 rings (SSSR count). The number of rotatable bonds is 2. The third-order valence-electron chi connectivity index (χ3n) is 2.37. The molecule has 17 heavy (non-hydrogen) atoms. The molecule has 0 fully saturated rings. The van der Waals surface area contributed by atoms with Gasteiger partial charge in [-0.15, -0.1) is 0 Å². The van der Waals surface area contributed by atoms with Crippen molar-refractivity contribution in [3.05, 3.63) is 46.7 Å². The van der Waals surface area contributed by atoms with Gasteiger partial charge in [-0.2, -0.15) is 0 Å². The number of amides is 1. The maximum absolute atomic E-state index is 11.9.